The van der Waals surface area contributed by atoms with E-state index in [0.29, 0.717) is 22.2 Å². The highest BCUT2D eigenvalue weighted by Crippen LogP contribution is 2.34. The van der Waals surface area contributed by atoms with E-state index in [0.717, 1.165) is 11.5 Å². The second-order valence-electron chi connectivity index (χ2n) is 6.30. The molecular formula is C22H14F3NO2. The van der Waals surface area contributed by atoms with Gasteiger partial charge in [-0.2, -0.15) is 13.2 Å². The molecule has 6 heteroatoms. The number of pyridine rings is 1. The van der Waals surface area contributed by atoms with E-state index in [-0.39, 0.29) is 11.1 Å². The number of aromatic nitrogens is 1. The number of halogens is 3. The normalized spacial score (nSPS) is 11.7. The number of hydrogen-bond acceptors (Lipinski definition) is 3. The molecule has 0 saturated carbocycles. The molecule has 0 unspecified atom stereocenters. The molecule has 1 heterocycles. The quantitative estimate of drug-likeness (QED) is 0.340. The van der Waals surface area contributed by atoms with Gasteiger partial charge >= 0.3 is 6.18 Å². The third-order valence-electron chi connectivity index (χ3n) is 4.57. The van der Waals surface area contributed by atoms with Crippen LogP contribution in [0.15, 0.2) is 66.7 Å². The van der Waals surface area contributed by atoms with E-state index >= 15 is 0 Å². The molecule has 0 saturated heterocycles. The van der Waals surface area contributed by atoms with Gasteiger partial charge in [-0.3, -0.25) is 4.79 Å². The van der Waals surface area contributed by atoms with Crippen molar-refractivity contribution in [3.05, 3.63) is 83.4 Å². The Balaban J connectivity index is 1.92. The molecule has 140 valence electrons. The minimum absolute atomic E-state index is 0.131. The molecule has 0 aliphatic rings. The summed E-state index contributed by atoms with van der Waals surface area (Å²) >= 11 is 0. The van der Waals surface area contributed by atoms with Gasteiger partial charge in [0.15, 0.2) is 5.78 Å². The van der Waals surface area contributed by atoms with Gasteiger partial charge in [0.1, 0.15) is 5.75 Å². The standard InChI is InChI=1S/C22H14F3NO2/c1-28-15-9-10-19-14(12-15)11-13-5-4-7-17(20(13)26-19)21(27)16-6-2-3-8-18(16)22(23,24)25/h2-12H,1H3. The van der Waals surface area contributed by atoms with E-state index in [4.69, 9.17) is 4.74 Å². The first kappa shape index (κ1) is 18.0. The van der Waals surface area contributed by atoms with Gasteiger partial charge in [-0.15, -0.1) is 0 Å². The predicted octanol–water partition coefficient (Wildman–Crippen LogP) is 5.65. The summed E-state index contributed by atoms with van der Waals surface area (Å²) in [7, 11) is 1.56. The molecule has 0 atom stereocenters. The predicted molar refractivity (Wildman–Crippen MR) is 101 cm³/mol. The molecule has 4 aromatic rings. The van der Waals surface area contributed by atoms with Crippen molar-refractivity contribution in [3.8, 4) is 5.75 Å². The molecule has 0 fully saturated rings. The molecule has 0 aliphatic heterocycles. The molecule has 0 aliphatic carbocycles. The Morgan fingerprint density at radius 2 is 1.64 bits per heavy atom. The van der Waals surface area contributed by atoms with Gasteiger partial charge in [-0.1, -0.05) is 30.3 Å². The van der Waals surface area contributed by atoms with Gasteiger partial charge < -0.3 is 4.74 Å². The van der Waals surface area contributed by atoms with Crippen LogP contribution in [0.2, 0.25) is 0 Å². The summed E-state index contributed by atoms with van der Waals surface area (Å²) in [4.78, 5) is 17.5. The van der Waals surface area contributed by atoms with Crippen molar-refractivity contribution >= 4 is 27.6 Å². The van der Waals surface area contributed by atoms with Gasteiger partial charge in [-0.05, 0) is 36.4 Å². The Bertz CT molecular complexity index is 1220. The lowest BCUT2D eigenvalue weighted by atomic mass is 9.96. The van der Waals surface area contributed by atoms with E-state index in [2.05, 4.69) is 4.98 Å². The number of ether oxygens (including phenoxy) is 1. The Labute approximate surface area is 158 Å². The van der Waals surface area contributed by atoms with Crippen molar-refractivity contribution in [1.29, 1.82) is 0 Å². The summed E-state index contributed by atoms with van der Waals surface area (Å²) < 4.78 is 45.2. The smallest absolute Gasteiger partial charge is 0.417 e. The number of hydrogen-bond donors (Lipinski definition) is 0. The van der Waals surface area contributed by atoms with Crippen LogP contribution in [-0.4, -0.2) is 17.9 Å². The zero-order valence-electron chi connectivity index (χ0n) is 14.7. The van der Waals surface area contributed by atoms with Crippen LogP contribution in [0.5, 0.6) is 5.75 Å². The van der Waals surface area contributed by atoms with E-state index in [1.807, 2.05) is 12.1 Å². The Kier molecular flexibility index (Phi) is 4.26. The fraction of sp³-hybridized carbons (Fsp3) is 0.0909. The highest BCUT2D eigenvalue weighted by molar-refractivity contribution is 6.17. The first-order chi connectivity index (χ1) is 13.4. The number of fused-ring (bicyclic) bond motifs is 2. The fourth-order valence-corrected chi connectivity index (χ4v) is 3.22. The molecule has 4 rings (SSSR count). The van der Waals surface area contributed by atoms with Crippen LogP contribution < -0.4 is 4.74 Å². The Hall–Kier alpha value is -3.41. The maximum absolute atomic E-state index is 13.3. The monoisotopic (exact) mass is 381 g/mol. The molecule has 28 heavy (non-hydrogen) atoms. The number of methoxy groups -OCH3 is 1. The minimum atomic E-state index is -4.62. The van der Waals surface area contributed by atoms with E-state index in [1.165, 1.54) is 24.3 Å². The number of para-hydroxylation sites is 1. The SMILES string of the molecule is COc1ccc2nc3c(C(=O)c4ccccc4C(F)(F)F)cccc3cc2c1. The summed E-state index contributed by atoms with van der Waals surface area (Å²) in [6, 6.07) is 16.8. The molecule has 3 nitrogen and oxygen atoms in total. The van der Waals surface area contributed by atoms with Crippen molar-refractivity contribution in [2.24, 2.45) is 0 Å². The number of ketones is 1. The van der Waals surface area contributed by atoms with Crippen molar-refractivity contribution in [3.63, 3.8) is 0 Å². The number of carbonyl (C=O) groups excluding carboxylic acids is 1. The van der Waals surface area contributed by atoms with Gasteiger partial charge in [0.25, 0.3) is 0 Å². The number of alkyl halides is 3. The summed E-state index contributed by atoms with van der Waals surface area (Å²) in [5.41, 5.74) is -0.228. The van der Waals surface area contributed by atoms with Gasteiger partial charge in [0.05, 0.1) is 23.7 Å². The first-order valence-electron chi connectivity index (χ1n) is 8.47. The molecule has 0 radical (unpaired) electrons. The molecule has 0 N–H and O–H groups in total. The van der Waals surface area contributed by atoms with Gasteiger partial charge in [0, 0.05) is 21.9 Å². The molecule has 0 bridgehead atoms. The molecule has 0 spiro atoms. The van der Waals surface area contributed by atoms with Crippen molar-refractivity contribution in [2.75, 3.05) is 7.11 Å². The van der Waals surface area contributed by atoms with E-state index in [1.54, 1.807) is 31.4 Å². The maximum atomic E-state index is 13.3. The highest BCUT2D eigenvalue weighted by atomic mass is 19.4. The van der Waals surface area contributed by atoms with Crippen molar-refractivity contribution in [2.45, 2.75) is 6.18 Å². The second kappa shape index (κ2) is 6.64. The average molecular weight is 381 g/mol. The Morgan fingerprint density at radius 3 is 2.39 bits per heavy atom. The van der Waals surface area contributed by atoms with Crippen LogP contribution >= 0.6 is 0 Å². The number of nitrogens with zero attached hydrogens (tertiary/aromatic N) is 1. The zero-order valence-corrected chi connectivity index (χ0v) is 14.7. The summed E-state index contributed by atoms with van der Waals surface area (Å²) in [5, 5.41) is 1.48. The lowest BCUT2D eigenvalue weighted by Crippen LogP contribution is -2.14. The van der Waals surface area contributed by atoms with Crippen molar-refractivity contribution < 1.29 is 22.7 Å². The summed E-state index contributed by atoms with van der Waals surface area (Å²) in [5.74, 6) is -0.0427. The first-order valence-corrected chi connectivity index (χ1v) is 8.47. The van der Waals surface area contributed by atoms with Crippen LogP contribution in [0.4, 0.5) is 13.2 Å². The van der Waals surface area contributed by atoms with Crippen LogP contribution in [0.3, 0.4) is 0 Å². The fourth-order valence-electron chi connectivity index (χ4n) is 3.22. The maximum Gasteiger partial charge on any atom is 0.417 e. The summed E-state index contributed by atoms with van der Waals surface area (Å²) in [6.45, 7) is 0. The van der Waals surface area contributed by atoms with Gasteiger partial charge in [-0.25, -0.2) is 4.98 Å². The van der Waals surface area contributed by atoms with Gasteiger partial charge in [0.2, 0.25) is 0 Å². The third-order valence-corrected chi connectivity index (χ3v) is 4.57. The topological polar surface area (TPSA) is 39.2 Å². The lowest BCUT2D eigenvalue weighted by Gasteiger charge is -2.13. The van der Waals surface area contributed by atoms with Crippen LogP contribution in [0.1, 0.15) is 21.5 Å². The molecular weight excluding hydrogens is 367 g/mol. The average Bonchev–Trinajstić information content (AvgIpc) is 2.70. The third kappa shape index (κ3) is 3.07. The van der Waals surface area contributed by atoms with Crippen LogP contribution in [0, 0.1) is 0 Å². The van der Waals surface area contributed by atoms with Crippen LogP contribution in [-0.2, 0) is 6.18 Å². The zero-order chi connectivity index (χ0) is 19.9. The molecule has 1 aromatic heterocycles. The van der Waals surface area contributed by atoms with E-state index < -0.39 is 17.5 Å². The number of benzene rings is 3. The summed E-state index contributed by atoms with van der Waals surface area (Å²) in [6.07, 6.45) is -4.62. The highest BCUT2D eigenvalue weighted by Gasteiger charge is 2.35. The number of carbonyl (C=O) groups is 1. The molecule has 3 aromatic carbocycles. The van der Waals surface area contributed by atoms with Crippen LogP contribution in [0.25, 0.3) is 21.8 Å². The van der Waals surface area contributed by atoms with E-state index in [9.17, 15) is 18.0 Å². The number of rotatable bonds is 3. The molecule has 0 amide bonds. The lowest BCUT2D eigenvalue weighted by molar-refractivity contribution is -0.137. The second-order valence-corrected chi connectivity index (χ2v) is 6.30. The Morgan fingerprint density at radius 1 is 0.893 bits per heavy atom. The minimum Gasteiger partial charge on any atom is -0.497 e. The van der Waals surface area contributed by atoms with Crippen molar-refractivity contribution in [1.82, 2.24) is 4.98 Å². The largest absolute Gasteiger partial charge is 0.497 e.